The Bertz CT molecular complexity index is 194. The molecule has 2 aliphatic heterocycles. The van der Waals surface area contributed by atoms with Crippen LogP contribution in [0.3, 0.4) is 0 Å². The molecule has 94 valence electrons. The van der Waals surface area contributed by atoms with E-state index >= 15 is 0 Å². The van der Waals surface area contributed by atoms with Gasteiger partial charge >= 0.3 is 0 Å². The Morgan fingerprint density at radius 3 is 2.19 bits per heavy atom. The summed E-state index contributed by atoms with van der Waals surface area (Å²) in [7, 11) is 0. The third-order valence-corrected chi connectivity index (χ3v) is 4.07. The van der Waals surface area contributed by atoms with Crippen molar-refractivity contribution in [1.29, 1.82) is 0 Å². The van der Waals surface area contributed by atoms with E-state index in [9.17, 15) is 0 Å². The molecule has 2 heterocycles. The summed E-state index contributed by atoms with van der Waals surface area (Å²) in [6.07, 6.45) is 5.36. The van der Waals surface area contributed by atoms with Crippen LogP contribution in [0.2, 0.25) is 0 Å². The molecule has 2 saturated heterocycles. The summed E-state index contributed by atoms with van der Waals surface area (Å²) in [5.41, 5.74) is 0. The molecule has 2 rings (SSSR count). The van der Waals surface area contributed by atoms with E-state index in [0.29, 0.717) is 0 Å². The van der Waals surface area contributed by atoms with Gasteiger partial charge in [0.25, 0.3) is 0 Å². The van der Waals surface area contributed by atoms with Crippen LogP contribution in [0.25, 0.3) is 0 Å². The first kappa shape index (κ1) is 12.3. The molecule has 16 heavy (non-hydrogen) atoms. The van der Waals surface area contributed by atoms with E-state index in [1.807, 2.05) is 0 Å². The van der Waals surface area contributed by atoms with Crippen LogP contribution in [0.1, 0.15) is 39.5 Å². The van der Waals surface area contributed by atoms with E-state index in [0.717, 1.165) is 31.7 Å². The fourth-order valence-corrected chi connectivity index (χ4v) is 2.91. The maximum Gasteiger partial charge on any atom is 0.0656 e. The topological polar surface area (TPSA) is 15.7 Å². The van der Waals surface area contributed by atoms with Gasteiger partial charge in [0.1, 0.15) is 0 Å². The summed E-state index contributed by atoms with van der Waals surface area (Å²) in [4.78, 5) is 8.26. The molecule has 0 radical (unpaired) electrons. The van der Waals surface area contributed by atoms with Crippen LogP contribution in [0.15, 0.2) is 0 Å². The highest BCUT2D eigenvalue weighted by Crippen LogP contribution is 2.23. The first-order chi connectivity index (χ1) is 7.79. The molecule has 0 saturated carbocycles. The molecular weight excluding hydrogens is 200 g/mol. The standard InChI is InChI=1S/C13H26N2O/c1-3-16-15-10-6-13(7-11-15)14-8-4-12(2)5-9-14/h12-13H,3-11H2,1-2H3. The molecule has 0 aromatic carbocycles. The fraction of sp³-hybridized carbons (Fsp3) is 1.00. The first-order valence-corrected chi connectivity index (χ1v) is 6.91. The summed E-state index contributed by atoms with van der Waals surface area (Å²) in [6, 6.07) is 0.823. The van der Waals surface area contributed by atoms with Crippen LogP contribution in [-0.4, -0.2) is 48.8 Å². The van der Waals surface area contributed by atoms with Crippen molar-refractivity contribution in [2.75, 3.05) is 32.8 Å². The summed E-state index contributed by atoms with van der Waals surface area (Å²) < 4.78 is 0. The molecule has 2 fully saturated rings. The van der Waals surface area contributed by atoms with Gasteiger partial charge in [0.05, 0.1) is 6.61 Å². The molecule has 3 heteroatoms. The number of nitrogens with zero attached hydrogens (tertiary/aromatic N) is 2. The zero-order valence-electron chi connectivity index (χ0n) is 10.8. The van der Waals surface area contributed by atoms with Gasteiger partial charge in [-0.2, -0.15) is 5.06 Å². The van der Waals surface area contributed by atoms with Crippen LogP contribution in [0.5, 0.6) is 0 Å². The molecule has 2 aliphatic rings. The van der Waals surface area contributed by atoms with Gasteiger partial charge in [-0.05, 0) is 51.6 Å². The van der Waals surface area contributed by atoms with E-state index in [2.05, 4.69) is 23.8 Å². The normalized spacial score (nSPS) is 27.4. The lowest BCUT2D eigenvalue weighted by molar-refractivity contribution is -0.171. The van der Waals surface area contributed by atoms with Gasteiger partial charge in [-0.25, -0.2) is 0 Å². The molecule has 0 amide bonds. The average Bonchev–Trinajstić information content (AvgIpc) is 2.32. The van der Waals surface area contributed by atoms with Crippen molar-refractivity contribution in [2.24, 2.45) is 5.92 Å². The van der Waals surface area contributed by atoms with Gasteiger partial charge in [0, 0.05) is 19.1 Å². The zero-order valence-corrected chi connectivity index (χ0v) is 10.8. The number of hydrogen-bond acceptors (Lipinski definition) is 3. The summed E-state index contributed by atoms with van der Waals surface area (Å²) >= 11 is 0. The largest absolute Gasteiger partial charge is 0.300 e. The SMILES string of the molecule is CCON1CCC(N2CCC(C)CC2)CC1. The summed E-state index contributed by atoms with van der Waals surface area (Å²) in [6.45, 7) is 10.1. The predicted molar refractivity (Wildman–Crippen MR) is 66.2 cm³/mol. The number of hydrogen-bond donors (Lipinski definition) is 0. The quantitative estimate of drug-likeness (QED) is 0.733. The maximum absolute atomic E-state index is 5.55. The van der Waals surface area contributed by atoms with E-state index in [4.69, 9.17) is 4.84 Å². The highest BCUT2D eigenvalue weighted by atomic mass is 16.7. The smallest absolute Gasteiger partial charge is 0.0656 e. The lowest BCUT2D eigenvalue weighted by Crippen LogP contribution is -2.47. The van der Waals surface area contributed by atoms with E-state index in [1.54, 1.807) is 0 Å². The second-order valence-corrected chi connectivity index (χ2v) is 5.30. The Kier molecular flexibility index (Phi) is 4.62. The molecule has 3 nitrogen and oxygen atoms in total. The molecular formula is C13H26N2O. The van der Waals surface area contributed by atoms with Gasteiger partial charge in [-0.1, -0.05) is 6.92 Å². The Balaban J connectivity index is 1.72. The van der Waals surface area contributed by atoms with E-state index < -0.39 is 0 Å². The first-order valence-electron chi connectivity index (χ1n) is 6.91. The minimum Gasteiger partial charge on any atom is -0.300 e. The molecule has 0 spiro atoms. The van der Waals surface area contributed by atoms with Gasteiger partial charge in [0.15, 0.2) is 0 Å². The van der Waals surface area contributed by atoms with Gasteiger partial charge < -0.3 is 4.90 Å². The lowest BCUT2D eigenvalue weighted by Gasteiger charge is -2.40. The minimum atomic E-state index is 0.811. The van der Waals surface area contributed by atoms with Crippen LogP contribution >= 0.6 is 0 Å². The van der Waals surface area contributed by atoms with Crippen molar-refractivity contribution in [1.82, 2.24) is 9.96 Å². The Labute approximate surface area is 99.7 Å². The summed E-state index contributed by atoms with van der Waals surface area (Å²) in [5.74, 6) is 0.944. The number of rotatable bonds is 3. The van der Waals surface area contributed by atoms with E-state index in [-0.39, 0.29) is 0 Å². The third-order valence-electron chi connectivity index (χ3n) is 4.07. The molecule has 0 aromatic heterocycles. The molecule has 0 unspecified atom stereocenters. The van der Waals surface area contributed by atoms with Crippen LogP contribution in [0.4, 0.5) is 0 Å². The second kappa shape index (κ2) is 5.99. The Hall–Kier alpha value is -0.120. The second-order valence-electron chi connectivity index (χ2n) is 5.30. The monoisotopic (exact) mass is 226 g/mol. The fourth-order valence-electron chi connectivity index (χ4n) is 2.91. The van der Waals surface area contributed by atoms with Crippen LogP contribution < -0.4 is 0 Å². The minimum absolute atomic E-state index is 0.811. The summed E-state index contributed by atoms with van der Waals surface area (Å²) in [5, 5.41) is 2.14. The van der Waals surface area contributed by atoms with Gasteiger partial charge in [-0.15, -0.1) is 0 Å². The molecule has 0 bridgehead atoms. The average molecular weight is 226 g/mol. The van der Waals surface area contributed by atoms with E-state index in [1.165, 1.54) is 38.8 Å². The Morgan fingerprint density at radius 1 is 1.00 bits per heavy atom. The van der Waals surface area contributed by atoms with Crippen molar-refractivity contribution in [3.63, 3.8) is 0 Å². The molecule has 0 atom stereocenters. The molecule has 0 N–H and O–H groups in total. The molecule has 0 aromatic rings. The van der Waals surface area contributed by atoms with Crippen molar-refractivity contribution < 1.29 is 4.84 Å². The number of likely N-dealkylation sites (tertiary alicyclic amines) is 1. The van der Waals surface area contributed by atoms with Crippen molar-refractivity contribution >= 4 is 0 Å². The highest BCUT2D eigenvalue weighted by molar-refractivity contribution is 4.80. The third kappa shape index (κ3) is 3.19. The van der Waals surface area contributed by atoms with Crippen molar-refractivity contribution in [2.45, 2.75) is 45.6 Å². The molecule has 0 aliphatic carbocycles. The number of piperidine rings is 2. The lowest BCUT2D eigenvalue weighted by atomic mass is 9.95. The highest BCUT2D eigenvalue weighted by Gasteiger charge is 2.27. The van der Waals surface area contributed by atoms with Gasteiger partial charge in [-0.3, -0.25) is 4.84 Å². The predicted octanol–water partition coefficient (Wildman–Crippen LogP) is 2.13. The van der Waals surface area contributed by atoms with Crippen LogP contribution in [0, 0.1) is 5.92 Å². The van der Waals surface area contributed by atoms with Gasteiger partial charge in [0.2, 0.25) is 0 Å². The van der Waals surface area contributed by atoms with Crippen molar-refractivity contribution in [3.8, 4) is 0 Å². The van der Waals surface area contributed by atoms with Crippen molar-refractivity contribution in [3.05, 3.63) is 0 Å². The maximum atomic E-state index is 5.55. The van der Waals surface area contributed by atoms with Crippen LogP contribution in [-0.2, 0) is 4.84 Å². The Morgan fingerprint density at radius 2 is 1.62 bits per heavy atom. The zero-order chi connectivity index (χ0) is 11.4. The number of hydroxylamine groups is 2.